The van der Waals surface area contributed by atoms with Gasteiger partial charge in [-0.15, -0.1) is 0 Å². The van der Waals surface area contributed by atoms with Crippen LogP contribution >= 0.6 is 11.6 Å². The molecule has 2 N–H and O–H groups in total. The van der Waals surface area contributed by atoms with Gasteiger partial charge in [0.15, 0.2) is 0 Å². The monoisotopic (exact) mass is 415 g/mol. The van der Waals surface area contributed by atoms with Crippen LogP contribution in [-0.4, -0.2) is 41.5 Å². The van der Waals surface area contributed by atoms with Gasteiger partial charge in [0.25, 0.3) is 0 Å². The molecule has 1 fully saturated rings. The Kier molecular flexibility index (Phi) is 5.27. The van der Waals surface area contributed by atoms with Gasteiger partial charge in [0.1, 0.15) is 17.3 Å². The molecule has 7 heteroatoms. The smallest absolute Gasteiger partial charge is 0.350 e. The summed E-state index contributed by atoms with van der Waals surface area (Å²) < 4.78 is -0.349. The van der Waals surface area contributed by atoms with Crippen LogP contribution in [0.15, 0.2) is 30.5 Å². The summed E-state index contributed by atoms with van der Waals surface area (Å²) in [6.07, 6.45) is 3.99. The van der Waals surface area contributed by atoms with Crippen LogP contribution in [-0.2, 0) is 6.54 Å². The molecule has 1 aromatic carbocycles. The Morgan fingerprint density at radius 3 is 2.59 bits per heavy atom. The lowest BCUT2D eigenvalue weighted by Crippen LogP contribution is -2.62. The zero-order valence-corrected chi connectivity index (χ0v) is 17.9. The van der Waals surface area contributed by atoms with E-state index in [4.69, 9.17) is 11.6 Å². The topological polar surface area (TPSA) is 65.2 Å². The summed E-state index contributed by atoms with van der Waals surface area (Å²) in [5, 5.41) is 3.79. The van der Waals surface area contributed by atoms with E-state index in [9.17, 15) is 9.59 Å². The second-order valence-corrected chi connectivity index (χ2v) is 9.07. The van der Waals surface area contributed by atoms with E-state index in [0.29, 0.717) is 35.5 Å². The lowest BCUT2D eigenvalue weighted by molar-refractivity contribution is -0.759. The van der Waals surface area contributed by atoms with Crippen molar-refractivity contribution < 1.29 is 14.1 Å². The van der Waals surface area contributed by atoms with Gasteiger partial charge in [0.2, 0.25) is 0 Å². The highest BCUT2D eigenvalue weighted by Gasteiger charge is 2.52. The maximum atomic E-state index is 13.5. The summed E-state index contributed by atoms with van der Waals surface area (Å²) in [6.45, 7) is 5.99. The minimum Gasteiger partial charge on any atom is -0.350 e. The van der Waals surface area contributed by atoms with Crippen LogP contribution in [0.5, 0.6) is 0 Å². The third-order valence-corrected chi connectivity index (χ3v) is 6.20. The van der Waals surface area contributed by atoms with Crippen LogP contribution in [0, 0.1) is 5.92 Å². The number of hydrogen-bond acceptors (Lipinski definition) is 3. The summed E-state index contributed by atoms with van der Waals surface area (Å²) in [5.74, 6) is -0.00175. The largest absolute Gasteiger partial charge is 0.431 e. The van der Waals surface area contributed by atoms with Crippen LogP contribution in [0.3, 0.4) is 0 Å². The van der Waals surface area contributed by atoms with Crippen LogP contribution in [0.2, 0.25) is 5.15 Å². The molecule has 2 atom stereocenters. The summed E-state index contributed by atoms with van der Waals surface area (Å²) in [6, 6.07) is 8.44. The third kappa shape index (κ3) is 3.50. The van der Waals surface area contributed by atoms with Crippen LogP contribution in [0.25, 0.3) is 0 Å². The number of hydrogen-bond donors (Lipinski definition) is 2. The van der Waals surface area contributed by atoms with Gasteiger partial charge in [-0.25, -0.2) is 9.59 Å². The molecule has 2 unspecified atom stereocenters. The zero-order valence-electron chi connectivity index (χ0n) is 17.2. The first kappa shape index (κ1) is 20.1. The average Bonchev–Trinajstić information content (AvgIpc) is 3.34. The van der Waals surface area contributed by atoms with Gasteiger partial charge >= 0.3 is 11.9 Å². The number of benzene rings is 1. The molecule has 2 aliphatic heterocycles. The SMILES string of the molecule is CC(C)CN1C(=O)[N+](C)(Cc2ccc(C3CCCN3)cc2)C(=O)c2c1c[nH]c2Cl. The quantitative estimate of drug-likeness (QED) is 0.708. The normalized spacial score (nSPS) is 24.4. The van der Waals surface area contributed by atoms with Crippen molar-refractivity contribution in [3.63, 3.8) is 0 Å². The number of carbonyl (C=O) groups excluding carboxylic acids is 2. The summed E-state index contributed by atoms with van der Waals surface area (Å²) in [7, 11) is 1.69. The van der Waals surface area contributed by atoms with E-state index in [0.717, 1.165) is 18.5 Å². The Labute approximate surface area is 176 Å². The number of urea groups is 1. The Bertz CT molecular complexity index is 931. The van der Waals surface area contributed by atoms with Crippen molar-refractivity contribution in [3.05, 3.63) is 52.3 Å². The van der Waals surface area contributed by atoms with Gasteiger partial charge in [-0.05, 0) is 30.9 Å². The van der Waals surface area contributed by atoms with Crippen LogP contribution in [0.4, 0.5) is 10.5 Å². The summed E-state index contributed by atoms with van der Waals surface area (Å²) in [4.78, 5) is 31.4. The molecule has 1 aromatic heterocycles. The Hall–Kier alpha value is -2.15. The van der Waals surface area contributed by atoms with E-state index in [2.05, 4.69) is 36.3 Å². The first-order valence-electron chi connectivity index (χ1n) is 10.2. The number of nitrogens with zero attached hydrogens (tertiary/aromatic N) is 2. The molecule has 2 aromatic rings. The summed E-state index contributed by atoms with van der Waals surface area (Å²) in [5.41, 5.74) is 3.19. The molecular weight excluding hydrogens is 388 g/mol. The number of aromatic amines is 1. The lowest BCUT2D eigenvalue weighted by atomic mass is 10.0. The molecular formula is C22H28ClN4O2+. The van der Waals surface area contributed by atoms with Crippen molar-refractivity contribution in [1.82, 2.24) is 10.3 Å². The molecule has 3 amide bonds. The maximum Gasteiger partial charge on any atom is 0.431 e. The molecule has 1 saturated heterocycles. The van der Waals surface area contributed by atoms with Crippen molar-refractivity contribution in [3.8, 4) is 0 Å². The van der Waals surface area contributed by atoms with E-state index in [1.807, 2.05) is 12.1 Å². The first-order chi connectivity index (χ1) is 13.8. The first-order valence-corrected chi connectivity index (χ1v) is 10.6. The van der Waals surface area contributed by atoms with Gasteiger partial charge in [0.05, 0.1) is 12.7 Å². The predicted molar refractivity (Wildman–Crippen MR) is 114 cm³/mol. The predicted octanol–water partition coefficient (Wildman–Crippen LogP) is 4.48. The molecule has 29 heavy (non-hydrogen) atoms. The highest BCUT2D eigenvalue weighted by atomic mass is 35.5. The number of H-pyrrole nitrogens is 1. The van der Waals surface area contributed by atoms with Crippen LogP contribution in [0.1, 0.15) is 54.2 Å². The lowest BCUT2D eigenvalue weighted by Gasteiger charge is -2.38. The maximum absolute atomic E-state index is 13.5. The zero-order chi connectivity index (χ0) is 20.8. The minimum absolute atomic E-state index is 0.214. The third-order valence-electron chi connectivity index (χ3n) is 5.91. The van der Waals surface area contributed by atoms with Gasteiger partial charge in [-0.3, -0.25) is 4.90 Å². The molecule has 154 valence electrons. The highest BCUT2D eigenvalue weighted by molar-refractivity contribution is 6.34. The van der Waals surface area contributed by atoms with Crippen molar-refractivity contribution in [2.45, 2.75) is 39.3 Å². The second kappa shape index (κ2) is 7.59. The standard InChI is InChI=1S/C22H27ClN4O2/c1-14(2)12-26-18-11-25-20(23)19(18)21(28)27(3,22(26)29)13-15-6-8-16(9-7-15)17-5-4-10-24-17/h6-9,11,14,17,24H,4-5,10,12-13H2,1-3H3/p+1. The number of fused-ring (bicyclic) bond motifs is 1. The molecule has 0 spiro atoms. The molecule has 6 nitrogen and oxygen atoms in total. The van der Waals surface area contributed by atoms with Crippen molar-refractivity contribution in [2.24, 2.45) is 5.92 Å². The number of quaternary nitrogens is 1. The fourth-order valence-corrected chi connectivity index (χ4v) is 4.61. The van der Waals surface area contributed by atoms with Gasteiger partial charge in [-0.2, -0.15) is 4.48 Å². The number of nitrogens with one attached hydrogen (secondary N) is 2. The highest BCUT2D eigenvalue weighted by Crippen LogP contribution is 2.38. The molecule has 0 aliphatic carbocycles. The van der Waals surface area contributed by atoms with Crippen molar-refractivity contribution in [1.29, 1.82) is 0 Å². The molecule has 0 bridgehead atoms. The fourth-order valence-electron chi connectivity index (χ4n) is 4.38. The fraction of sp³-hybridized carbons (Fsp3) is 0.455. The van der Waals surface area contributed by atoms with Gasteiger partial charge in [0, 0.05) is 24.3 Å². The number of amides is 3. The number of imide groups is 1. The van der Waals surface area contributed by atoms with E-state index in [-0.39, 0.29) is 22.3 Å². The van der Waals surface area contributed by atoms with E-state index < -0.39 is 0 Å². The average molecular weight is 416 g/mol. The molecule has 4 rings (SSSR count). The number of carbonyl (C=O) groups is 2. The molecule has 3 heterocycles. The van der Waals surface area contributed by atoms with Crippen LogP contribution < -0.4 is 10.2 Å². The Morgan fingerprint density at radius 2 is 1.97 bits per heavy atom. The number of anilines is 1. The van der Waals surface area contributed by atoms with Gasteiger partial charge < -0.3 is 10.3 Å². The van der Waals surface area contributed by atoms with Crippen molar-refractivity contribution >= 4 is 29.2 Å². The number of rotatable bonds is 5. The van der Waals surface area contributed by atoms with E-state index in [1.54, 1.807) is 18.1 Å². The van der Waals surface area contributed by atoms with Crippen molar-refractivity contribution in [2.75, 3.05) is 25.0 Å². The molecule has 0 radical (unpaired) electrons. The Morgan fingerprint density at radius 1 is 1.24 bits per heavy atom. The molecule has 2 aliphatic rings. The minimum atomic E-state index is -0.349. The van der Waals surface area contributed by atoms with E-state index >= 15 is 0 Å². The second-order valence-electron chi connectivity index (χ2n) is 8.70. The number of aromatic nitrogens is 1. The summed E-state index contributed by atoms with van der Waals surface area (Å²) >= 11 is 6.29. The molecule has 0 saturated carbocycles. The van der Waals surface area contributed by atoms with Gasteiger partial charge in [-0.1, -0.05) is 49.7 Å². The van der Waals surface area contributed by atoms with E-state index in [1.165, 1.54) is 12.0 Å². The number of halogens is 1. The Balaban J connectivity index is 1.65.